The average Bonchev–Trinajstić information content (AvgIpc) is 2.01. The second-order valence-electron chi connectivity index (χ2n) is 5.63. The summed E-state index contributed by atoms with van der Waals surface area (Å²) >= 11 is 0. The van der Waals surface area contributed by atoms with Crippen LogP contribution < -0.4 is 5.73 Å². The zero-order valence-corrected chi connectivity index (χ0v) is 9.00. The van der Waals surface area contributed by atoms with Crippen LogP contribution in [0.25, 0.3) is 0 Å². The average molecular weight is 181 g/mol. The lowest BCUT2D eigenvalue weighted by Gasteiger charge is -2.43. The predicted octanol–water partition coefficient (Wildman–Crippen LogP) is 2.80. The van der Waals surface area contributed by atoms with Gasteiger partial charge in [-0.25, -0.2) is 0 Å². The van der Waals surface area contributed by atoms with Gasteiger partial charge < -0.3 is 5.73 Å². The lowest BCUT2D eigenvalue weighted by molar-refractivity contribution is 0.0946. The lowest BCUT2D eigenvalue weighted by atomic mass is 9.64. The van der Waals surface area contributed by atoms with Crippen molar-refractivity contribution in [3.63, 3.8) is 0 Å². The van der Waals surface area contributed by atoms with E-state index in [1.54, 1.807) is 0 Å². The van der Waals surface area contributed by atoms with Gasteiger partial charge in [0.2, 0.25) is 0 Å². The maximum atomic E-state index is 6.01. The lowest BCUT2D eigenvalue weighted by Crippen LogP contribution is -2.37. The largest absolute Gasteiger partial charge is 0.328 e. The van der Waals surface area contributed by atoms with Crippen LogP contribution in [-0.4, -0.2) is 6.04 Å². The van der Waals surface area contributed by atoms with Crippen LogP contribution in [0.4, 0.5) is 0 Å². The van der Waals surface area contributed by atoms with Crippen LogP contribution in [-0.2, 0) is 0 Å². The van der Waals surface area contributed by atoms with E-state index in [4.69, 9.17) is 5.73 Å². The second-order valence-corrected chi connectivity index (χ2v) is 5.63. The molecule has 2 N–H and O–H groups in total. The molecule has 0 aromatic heterocycles. The summed E-state index contributed by atoms with van der Waals surface area (Å²) < 4.78 is 0. The molecule has 0 radical (unpaired) electrons. The van der Waals surface area contributed by atoms with E-state index in [1.165, 1.54) is 32.1 Å². The van der Waals surface area contributed by atoms with Gasteiger partial charge in [0.25, 0.3) is 0 Å². The molecule has 2 saturated carbocycles. The van der Waals surface area contributed by atoms with E-state index in [-0.39, 0.29) is 0 Å². The SMILES string of the molecule is CC1CC2CC(C1)CC(C(C)N)C2. The Bertz CT molecular complexity index is 158. The third kappa shape index (κ3) is 2.07. The van der Waals surface area contributed by atoms with Crippen molar-refractivity contribution in [3.8, 4) is 0 Å². The second kappa shape index (κ2) is 3.61. The maximum absolute atomic E-state index is 6.01. The molecule has 2 fully saturated rings. The van der Waals surface area contributed by atoms with Gasteiger partial charge in [-0.1, -0.05) is 6.92 Å². The molecule has 76 valence electrons. The van der Waals surface area contributed by atoms with Gasteiger partial charge in [0, 0.05) is 6.04 Å². The standard InChI is InChI=1S/C12H23N/c1-8-3-10-5-11(4-8)7-12(6-10)9(2)13/h8-12H,3-7,13H2,1-2H3. The number of hydrogen-bond acceptors (Lipinski definition) is 1. The third-order valence-electron chi connectivity index (χ3n) is 4.15. The Morgan fingerprint density at radius 2 is 1.54 bits per heavy atom. The molecule has 0 aromatic carbocycles. The van der Waals surface area contributed by atoms with Gasteiger partial charge in [0.05, 0.1) is 0 Å². The molecule has 0 aliphatic heterocycles. The highest BCUT2D eigenvalue weighted by molar-refractivity contribution is 4.87. The summed E-state index contributed by atoms with van der Waals surface area (Å²) in [7, 11) is 0. The molecule has 0 saturated heterocycles. The minimum Gasteiger partial charge on any atom is -0.328 e. The van der Waals surface area contributed by atoms with Crippen molar-refractivity contribution in [1.82, 2.24) is 0 Å². The van der Waals surface area contributed by atoms with Crippen LogP contribution in [0.3, 0.4) is 0 Å². The molecule has 0 heterocycles. The normalized spacial score (nSPS) is 47.3. The van der Waals surface area contributed by atoms with E-state index in [2.05, 4.69) is 13.8 Å². The first-order valence-electron chi connectivity index (χ1n) is 5.90. The van der Waals surface area contributed by atoms with Gasteiger partial charge in [0.15, 0.2) is 0 Å². The van der Waals surface area contributed by atoms with Gasteiger partial charge >= 0.3 is 0 Å². The third-order valence-corrected chi connectivity index (χ3v) is 4.15. The molecule has 2 rings (SSSR count). The summed E-state index contributed by atoms with van der Waals surface area (Å²) in [6.45, 7) is 4.61. The highest BCUT2D eigenvalue weighted by atomic mass is 14.6. The highest BCUT2D eigenvalue weighted by Gasteiger charge is 2.35. The summed E-state index contributed by atoms with van der Waals surface area (Å²) in [6.07, 6.45) is 7.28. The van der Waals surface area contributed by atoms with E-state index in [0.717, 1.165) is 23.7 Å². The van der Waals surface area contributed by atoms with Crippen molar-refractivity contribution >= 4 is 0 Å². The van der Waals surface area contributed by atoms with Crippen LogP contribution in [0, 0.1) is 23.7 Å². The molecule has 0 aromatic rings. The number of hydrogen-bond donors (Lipinski definition) is 1. The Morgan fingerprint density at radius 3 is 2.00 bits per heavy atom. The summed E-state index contributed by atoms with van der Waals surface area (Å²) in [4.78, 5) is 0. The van der Waals surface area contributed by atoms with Crippen molar-refractivity contribution in [2.75, 3.05) is 0 Å². The van der Waals surface area contributed by atoms with E-state index >= 15 is 0 Å². The maximum Gasteiger partial charge on any atom is 0.00389 e. The Labute approximate surface area is 82.1 Å². The van der Waals surface area contributed by atoms with Crippen molar-refractivity contribution in [3.05, 3.63) is 0 Å². The summed E-state index contributed by atoms with van der Waals surface area (Å²) in [5.74, 6) is 3.84. The minimum atomic E-state index is 0.429. The molecule has 3 atom stereocenters. The minimum absolute atomic E-state index is 0.429. The summed E-state index contributed by atoms with van der Waals surface area (Å²) in [5, 5.41) is 0. The molecule has 2 bridgehead atoms. The molecule has 1 heteroatoms. The number of fused-ring (bicyclic) bond motifs is 2. The zero-order chi connectivity index (χ0) is 9.42. The molecule has 1 nitrogen and oxygen atoms in total. The van der Waals surface area contributed by atoms with Crippen molar-refractivity contribution in [2.45, 2.75) is 52.0 Å². The molecule has 0 spiro atoms. The van der Waals surface area contributed by atoms with Crippen LogP contribution in [0.5, 0.6) is 0 Å². The zero-order valence-electron chi connectivity index (χ0n) is 9.00. The Morgan fingerprint density at radius 1 is 1.00 bits per heavy atom. The summed E-state index contributed by atoms with van der Waals surface area (Å²) in [5.41, 5.74) is 6.01. The Kier molecular flexibility index (Phi) is 2.64. The van der Waals surface area contributed by atoms with E-state index in [1.807, 2.05) is 0 Å². The van der Waals surface area contributed by atoms with E-state index < -0.39 is 0 Å². The van der Waals surface area contributed by atoms with Crippen LogP contribution >= 0.6 is 0 Å². The predicted molar refractivity (Wildman–Crippen MR) is 56.4 cm³/mol. The Balaban J connectivity index is 1.97. The molecule has 2 aliphatic carbocycles. The van der Waals surface area contributed by atoms with Gasteiger partial charge in [-0.05, 0) is 62.7 Å². The van der Waals surface area contributed by atoms with Gasteiger partial charge in [-0.3, -0.25) is 0 Å². The van der Waals surface area contributed by atoms with Gasteiger partial charge in [0.1, 0.15) is 0 Å². The fourth-order valence-electron chi connectivity index (χ4n) is 3.66. The van der Waals surface area contributed by atoms with E-state index in [9.17, 15) is 0 Å². The van der Waals surface area contributed by atoms with Crippen LogP contribution in [0.15, 0.2) is 0 Å². The van der Waals surface area contributed by atoms with Crippen molar-refractivity contribution < 1.29 is 0 Å². The first-order chi connectivity index (χ1) is 6.15. The number of rotatable bonds is 1. The van der Waals surface area contributed by atoms with Crippen LogP contribution in [0.1, 0.15) is 46.0 Å². The topological polar surface area (TPSA) is 26.0 Å². The monoisotopic (exact) mass is 181 g/mol. The molecular formula is C12H23N. The molecule has 2 aliphatic rings. The smallest absolute Gasteiger partial charge is 0.00389 e. The fraction of sp³-hybridized carbons (Fsp3) is 1.00. The van der Waals surface area contributed by atoms with Crippen molar-refractivity contribution in [1.29, 1.82) is 0 Å². The quantitative estimate of drug-likeness (QED) is 0.661. The molecular weight excluding hydrogens is 158 g/mol. The van der Waals surface area contributed by atoms with Gasteiger partial charge in [-0.2, -0.15) is 0 Å². The molecule has 3 unspecified atom stereocenters. The van der Waals surface area contributed by atoms with E-state index in [0.29, 0.717) is 6.04 Å². The van der Waals surface area contributed by atoms with Gasteiger partial charge in [-0.15, -0.1) is 0 Å². The fourth-order valence-corrected chi connectivity index (χ4v) is 3.66. The highest BCUT2D eigenvalue weighted by Crippen LogP contribution is 2.45. The summed E-state index contributed by atoms with van der Waals surface area (Å²) in [6, 6.07) is 0.429. The van der Waals surface area contributed by atoms with Crippen LogP contribution in [0.2, 0.25) is 0 Å². The number of nitrogens with two attached hydrogens (primary N) is 1. The first kappa shape index (κ1) is 9.51. The first-order valence-corrected chi connectivity index (χ1v) is 5.90. The molecule has 0 amide bonds. The Hall–Kier alpha value is -0.0400. The molecule has 13 heavy (non-hydrogen) atoms. The van der Waals surface area contributed by atoms with Crippen molar-refractivity contribution in [2.24, 2.45) is 29.4 Å².